The van der Waals surface area contributed by atoms with Crippen molar-refractivity contribution in [3.8, 4) is 5.75 Å². The van der Waals surface area contributed by atoms with Crippen LogP contribution in [0.5, 0.6) is 5.75 Å². The second-order valence-electron chi connectivity index (χ2n) is 7.64. The summed E-state index contributed by atoms with van der Waals surface area (Å²) in [5.41, 5.74) is 2.82. The Morgan fingerprint density at radius 3 is 2.57 bits per heavy atom. The van der Waals surface area contributed by atoms with E-state index in [1.807, 2.05) is 6.07 Å². The van der Waals surface area contributed by atoms with Crippen LogP contribution < -0.4 is 10.1 Å². The normalized spacial score (nSPS) is 11.3. The lowest BCUT2D eigenvalue weighted by atomic mass is 9.85. The van der Waals surface area contributed by atoms with Gasteiger partial charge in [0.25, 0.3) is 0 Å². The van der Waals surface area contributed by atoms with Crippen LogP contribution >= 0.6 is 11.3 Å². The van der Waals surface area contributed by atoms with Crippen LogP contribution in [0, 0.1) is 6.92 Å². The molecule has 1 heterocycles. The van der Waals surface area contributed by atoms with Crippen LogP contribution in [0.25, 0.3) is 0 Å². The first-order chi connectivity index (χ1) is 13.1. The zero-order chi connectivity index (χ0) is 20.9. The summed E-state index contributed by atoms with van der Waals surface area (Å²) in [7, 11) is 0. The molecule has 0 spiro atoms. The van der Waals surface area contributed by atoms with E-state index in [2.05, 4.69) is 50.1 Å². The molecule has 1 aromatic heterocycles. The molecule has 2 N–H and O–H groups in total. The number of nitrogens with one attached hydrogen (secondary N) is 1. The highest BCUT2D eigenvalue weighted by molar-refractivity contribution is 7.13. The minimum atomic E-state index is -1.01. The summed E-state index contributed by atoms with van der Waals surface area (Å²) in [4.78, 5) is 27.5. The van der Waals surface area contributed by atoms with Crippen molar-refractivity contribution < 1.29 is 19.4 Å². The fourth-order valence-electron chi connectivity index (χ4n) is 2.79. The van der Waals surface area contributed by atoms with Crippen LogP contribution in [-0.4, -0.2) is 35.1 Å². The van der Waals surface area contributed by atoms with Crippen molar-refractivity contribution in [3.63, 3.8) is 0 Å². The third kappa shape index (κ3) is 5.79. The molecule has 0 aliphatic heterocycles. The molecule has 1 aromatic carbocycles. The molecule has 0 radical (unpaired) electrons. The Bertz CT molecular complexity index is 853. The highest BCUT2D eigenvalue weighted by Crippen LogP contribution is 2.32. The summed E-state index contributed by atoms with van der Waals surface area (Å²) in [6.45, 7) is 10.9. The van der Waals surface area contributed by atoms with Crippen molar-refractivity contribution >= 4 is 23.2 Å². The minimum Gasteiger partial charge on any atom is -0.491 e. The van der Waals surface area contributed by atoms with E-state index in [0.717, 1.165) is 29.1 Å². The molecule has 0 unspecified atom stereocenters. The van der Waals surface area contributed by atoms with Gasteiger partial charge in [-0.2, -0.15) is 0 Å². The Morgan fingerprint density at radius 2 is 2.00 bits per heavy atom. The third-order valence-electron chi connectivity index (χ3n) is 4.29. The van der Waals surface area contributed by atoms with Gasteiger partial charge in [-0.1, -0.05) is 39.8 Å². The van der Waals surface area contributed by atoms with Crippen molar-refractivity contribution in [2.24, 2.45) is 0 Å². The number of carboxylic acids is 1. The van der Waals surface area contributed by atoms with Gasteiger partial charge in [0.05, 0.1) is 18.7 Å². The number of nitrogens with zero attached hydrogens (tertiary/aromatic N) is 1. The van der Waals surface area contributed by atoms with E-state index in [-0.39, 0.29) is 22.6 Å². The first-order valence-corrected chi connectivity index (χ1v) is 10.2. The van der Waals surface area contributed by atoms with Crippen LogP contribution in [0.4, 0.5) is 0 Å². The summed E-state index contributed by atoms with van der Waals surface area (Å²) in [5.74, 6) is -0.383. The van der Waals surface area contributed by atoms with E-state index in [1.165, 1.54) is 5.56 Å². The van der Waals surface area contributed by atoms with E-state index >= 15 is 0 Å². The monoisotopic (exact) mass is 404 g/mol. The smallest absolute Gasteiger partial charge is 0.347 e. The van der Waals surface area contributed by atoms with Gasteiger partial charge in [0.2, 0.25) is 5.91 Å². The number of ether oxygens (including phenoxy) is 1. The zero-order valence-electron chi connectivity index (χ0n) is 17.1. The van der Waals surface area contributed by atoms with Crippen molar-refractivity contribution in [1.82, 2.24) is 10.3 Å². The maximum Gasteiger partial charge on any atom is 0.347 e. The van der Waals surface area contributed by atoms with Crippen molar-refractivity contribution in [2.75, 3.05) is 13.2 Å². The number of carbonyl (C=O) groups is 2. The van der Waals surface area contributed by atoms with Crippen LogP contribution in [0.1, 0.15) is 59.2 Å². The number of aryl methyl sites for hydroxylation is 2. The Labute approximate surface area is 170 Å². The fraction of sp³-hybridized carbons (Fsp3) is 0.476. The standard InChI is InChI=1S/C21H28N2O4S/c1-6-14-7-8-16(15(11-14)21(3,4)5)27-10-9-22-17(24)12-18-23-13(2)19(28-18)20(25)26/h7-8,11H,6,9-10,12H2,1-5H3,(H,22,24)(H,25,26). The molecule has 28 heavy (non-hydrogen) atoms. The second-order valence-corrected chi connectivity index (χ2v) is 8.72. The second kappa shape index (κ2) is 9.19. The van der Waals surface area contributed by atoms with Crippen LogP contribution in [0.3, 0.4) is 0 Å². The lowest BCUT2D eigenvalue weighted by Crippen LogP contribution is -2.29. The summed E-state index contributed by atoms with van der Waals surface area (Å²) in [6, 6.07) is 6.24. The average molecular weight is 405 g/mol. The number of aromatic carboxylic acids is 1. The van der Waals surface area contributed by atoms with Crippen LogP contribution in [0.15, 0.2) is 18.2 Å². The number of carboxylic acid groups (broad SMARTS) is 1. The van der Waals surface area contributed by atoms with Gasteiger partial charge in [0, 0.05) is 0 Å². The van der Waals surface area contributed by atoms with Gasteiger partial charge in [0.15, 0.2) is 0 Å². The van der Waals surface area contributed by atoms with E-state index in [4.69, 9.17) is 9.84 Å². The van der Waals surface area contributed by atoms with Gasteiger partial charge in [-0.25, -0.2) is 9.78 Å². The molecule has 0 fully saturated rings. The number of hydrogen-bond acceptors (Lipinski definition) is 5. The number of carbonyl (C=O) groups excluding carboxylic acids is 1. The number of rotatable bonds is 8. The minimum absolute atomic E-state index is 0.0334. The molecule has 2 rings (SSSR count). The van der Waals surface area contributed by atoms with Gasteiger partial charge in [0.1, 0.15) is 22.2 Å². The molecule has 0 saturated carbocycles. The number of aromatic nitrogens is 1. The van der Waals surface area contributed by atoms with Crippen LogP contribution in [0.2, 0.25) is 0 Å². The fourth-order valence-corrected chi connectivity index (χ4v) is 3.69. The molecule has 7 heteroatoms. The predicted octanol–water partition coefficient (Wildman–Crippen LogP) is 3.75. The molecule has 152 valence electrons. The summed E-state index contributed by atoms with van der Waals surface area (Å²) in [5, 5.41) is 12.4. The quantitative estimate of drug-likeness (QED) is 0.654. The Balaban J connectivity index is 1.88. The first kappa shape index (κ1) is 21.9. The van der Waals surface area contributed by atoms with Gasteiger partial charge in [-0.05, 0) is 36.0 Å². The molecule has 1 amide bonds. The summed E-state index contributed by atoms with van der Waals surface area (Å²) >= 11 is 1.04. The molecule has 0 saturated heterocycles. The van der Waals surface area contributed by atoms with Gasteiger partial charge in [-0.15, -0.1) is 11.3 Å². The topological polar surface area (TPSA) is 88.5 Å². The van der Waals surface area contributed by atoms with E-state index in [0.29, 0.717) is 23.9 Å². The lowest BCUT2D eigenvalue weighted by Gasteiger charge is -2.23. The lowest BCUT2D eigenvalue weighted by molar-refractivity contribution is -0.120. The Kier molecular flexibility index (Phi) is 7.18. The molecule has 0 bridgehead atoms. The van der Waals surface area contributed by atoms with Crippen molar-refractivity contribution in [2.45, 2.75) is 52.9 Å². The van der Waals surface area contributed by atoms with Gasteiger partial charge >= 0.3 is 5.97 Å². The SMILES string of the molecule is CCc1ccc(OCCNC(=O)Cc2nc(C)c(C(=O)O)s2)c(C(C)(C)C)c1. The van der Waals surface area contributed by atoms with Crippen molar-refractivity contribution in [1.29, 1.82) is 0 Å². The predicted molar refractivity (Wildman–Crippen MR) is 111 cm³/mol. The number of benzene rings is 1. The Hall–Kier alpha value is -2.41. The third-order valence-corrected chi connectivity index (χ3v) is 5.43. The molecule has 0 atom stereocenters. The summed E-state index contributed by atoms with van der Waals surface area (Å²) < 4.78 is 5.91. The molecule has 6 nitrogen and oxygen atoms in total. The number of thiazole rings is 1. The molecule has 0 aliphatic carbocycles. The Morgan fingerprint density at radius 1 is 1.29 bits per heavy atom. The zero-order valence-corrected chi connectivity index (χ0v) is 17.9. The average Bonchev–Trinajstić information content (AvgIpc) is 2.98. The van der Waals surface area contributed by atoms with Gasteiger partial charge in [-0.3, -0.25) is 4.79 Å². The highest BCUT2D eigenvalue weighted by atomic mass is 32.1. The largest absolute Gasteiger partial charge is 0.491 e. The number of hydrogen-bond donors (Lipinski definition) is 2. The van der Waals surface area contributed by atoms with Crippen LogP contribution in [-0.2, 0) is 23.1 Å². The molecular weight excluding hydrogens is 376 g/mol. The summed E-state index contributed by atoms with van der Waals surface area (Å²) in [6.07, 6.45) is 1.04. The maximum absolute atomic E-state index is 12.1. The maximum atomic E-state index is 12.1. The highest BCUT2D eigenvalue weighted by Gasteiger charge is 2.20. The number of amides is 1. The van der Waals surface area contributed by atoms with Crippen molar-refractivity contribution in [3.05, 3.63) is 44.9 Å². The van der Waals surface area contributed by atoms with E-state index in [9.17, 15) is 9.59 Å². The van der Waals surface area contributed by atoms with E-state index < -0.39 is 5.97 Å². The molecule has 0 aliphatic rings. The van der Waals surface area contributed by atoms with Gasteiger partial charge < -0.3 is 15.2 Å². The molecule has 2 aromatic rings. The molecular formula is C21H28N2O4S. The first-order valence-electron chi connectivity index (χ1n) is 9.34. The van der Waals surface area contributed by atoms with E-state index in [1.54, 1.807) is 6.92 Å².